The number of nitrogens with zero attached hydrogens (tertiary/aromatic N) is 1. The number of hydrogen-bond donors (Lipinski definition) is 1. The first-order valence-corrected chi connectivity index (χ1v) is 6.90. The van der Waals surface area contributed by atoms with Gasteiger partial charge in [-0.05, 0) is 40.2 Å². The SMILES string of the molecule is Nc1cc2oc(-c3ccc(Cl)c(Br)c3)nc2cc1Cl. The van der Waals surface area contributed by atoms with Crippen LogP contribution in [0.15, 0.2) is 39.2 Å². The lowest BCUT2D eigenvalue weighted by molar-refractivity contribution is 0.620. The smallest absolute Gasteiger partial charge is 0.227 e. The third-order valence-electron chi connectivity index (χ3n) is 2.67. The number of anilines is 1. The third-order valence-corrected chi connectivity index (χ3v) is 4.21. The van der Waals surface area contributed by atoms with E-state index in [4.69, 9.17) is 33.4 Å². The summed E-state index contributed by atoms with van der Waals surface area (Å²) >= 11 is 15.3. The molecule has 3 aromatic rings. The molecule has 0 aliphatic rings. The van der Waals surface area contributed by atoms with Crippen molar-refractivity contribution >= 4 is 55.9 Å². The molecule has 3 rings (SSSR count). The van der Waals surface area contributed by atoms with E-state index >= 15 is 0 Å². The Labute approximate surface area is 127 Å². The average molecular weight is 358 g/mol. The number of aromatic nitrogens is 1. The fourth-order valence-electron chi connectivity index (χ4n) is 1.72. The highest BCUT2D eigenvalue weighted by Gasteiger charge is 2.11. The molecule has 0 bridgehead atoms. The Morgan fingerprint density at radius 3 is 2.63 bits per heavy atom. The molecule has 0 amide bonds. The first-order chi connectivity index (χ1) is 9.04. The van der Waals surface area contributed by atoms with Gasteiger partial charge in [-0.2, -0.15) is 0 Å². The zero-order valence-electron chi connectivity index (χ0n) is 9.45. The second-order valence-electron chi connectivity index (χ2n) is 3.99. The summed E-state index contributed by atoms with van der Waals surface area (Å²) in [4.78, 5) is 4.39. The number of fused-ring (bicyclic) bond motifs is 1. The van der Waals surface area contributed by atoms with E-state index < -0.39 is 0 Å². The van der Waals surface area contributed by atoms with Crippen LogP contribution in [0, 0.1) is 0 Å². The van der Waals surface area contributed by atoms with E-state index in [0.717, 1.165) is 10.0 Å². The van der Waals surface area contributed by atoms with Crippen LogP contribution in [0.1, 0.15) is 0 Å². The van der Waals surface area contributed by atoms with E-state index in [1.165, 1.54) is 0 Å². The van der Waals surface area contributed by atoms with Gasteiger partial charge in [-0.25, -0.2) is 4.98 Å². The molecule has 0 aliphatic carbocycles. The molecule has 0 aliphatic heterocycles. The van der Waals surface area contributed by atoms with Crippen molar-refractivity contribution in [2.75, 3.05) is 5.73 Å². The molecular formula is C13H7BrCl2N2O. The van der Waals surface area contributed by atoms with Crippen LogP contribution in [0.5, 0.6) is 0 Å². The molecule has 2 aromatic carbocycles. The Kier molecular flexibility index (Phi) is 3.17. The van der Waals surface area contributed by atoms with E-state index in [9.17, 15) is 0 Å². The molecule has 0 saturated carbocycles. The van der Waals surface area contributed by atoms with E-state index in [1.54, 1.807) is 18.2 Å². The molecule has 0 spiro atoms. The van der Waals surface area contributed by atoms with Crippen molar-refractivity contribution in [2.24, 2.45) is 0 Å². The molecule has 1 aromatic heterocycles. The fourth-order valence-corrected chi connectivity index (χ4v) is 2.37. The summed E-state index contributed by atoms with van der Waals surface area (Å²) in [7, 11) is 0. The number of hydrogen-bond acceptors (Lipinski definition) is 3. The quantitative estimate of drug-likeness (QED) is 0.613. The summed E-state index contributed by atoms with van der Waals surface area (Å²) in [6.45, 7) is 0. The highest BCUT2D eigenvalue weighted by molar-refractivity contribution is 9.10. The van der Waals surface area contributed by atoms with Crippen molar-refractivity contribution in [2.45, 2.75) is 0 Å². The maximum absolute atomic E-state index is 5.96. The predicted molar refractivity (Wildman–Crippen MR) is 81.6 cm³/mol. The van der Waals surface area contributed by atoms with Crippen molar-refractivity contribution in [3.05, 3.63) is 44.8 Å². The van der Waals surface area contributed by atoms with Gasteiger partial charge in [-0.1, -0.05) is 23.2 Å². The molecule has 6 heteroatoms. The van der Waals surface area contributed by atoms with Gasteiger partial charge >= 0.3 is 0 Å². The van der Waals surface area contributed by atoms with Crippen LogP contribution in [-0.4, -0.2) is 4.98 Å². The summed E-state index contributed by atoms with van der Waals surface area (Å²) in [5, 5.41) is 1.09. The minimum atomic E-state index is 0.463. The minimum Gasteiger partial charge on any atom is -0.436 e. The Hall–Kier alpha value is -1.23. The monoisotopic (exact) mass is 356 g/mol. The van der Waals surface area contributed by atoms with Crippen LogP contribution in [0.3, 0.4) is 0 Å². The predicted octanol–water partition coefficient (Wildman–Crippen LogP) is 5.15. The fraction of sp³-hybridized carbons (Fsp3) is 0. The van der Waals surface area contributed by atoms with Crippen molar-refractivity contribution in [1.29, 1.82) is 0 Å². The third kappa shape index (κ3) is 2.31. The molecule has 3 nitrogen and oxygen atoms in total. The van der Waals surface area contributed by atoms with Gasteiger partial charge in [-0.3, -0.25) is 0 Å². The number of rotatable bonds is 1. The standard InChI is InChI=1S/C13H7BrCl2N2O/c14-7-3-6(1-2-8(7)15)13-18-11-4-9(16)10(17)5-12(11)19-13/h1-5H,17H2. The first-order valence-electron chi connectivity index (χ1n) is 5.35. The highest BCUT2D eigenvalue weighted by atomic mass is 79.9. The van der Waals surface area contributed by atoms with Gasteiger partial charge in [0.2, 0.25) is 5.89 Å². The summed E-state index contributed by atoms with van der Waals surface area (Å²) in [6.07, 6.45) is 0. The molecule has 96 valence electrons. The topological polar surface area (TPSA) is 52.0 Å². The van der Waals surface area contributed by atoms with Gasteiger partial charge in [0.1, 0.15) is 5.52 Å². The molecule has 0 unspecified atom stereocenters. The second-order valence-corrected chi connectivity index (χ2v) is 5.66. The number of benzene rings is 2. The van der Waals surface area contributed by atoms with Crippen molar-refractivity contribution < 1.29 is 4.42 Å². The van der Waals surface area contributed by atoms with E-state index in [0.29, 0.717) is 32.7 Å². The van der Waals surface area contributed by atoms with Gasteiger partial charge in [0.15, 0.2) is 5.58 Å². The Bertz CT molecular complexity index is 747. The molecule has 0 atom stereocenters. The highest BCUT2D eigenvalue weighted by Crippen LogP contribution is 2.32. The first kappa shape index (κ1) is 12.8. The van der Waals surface area contributed by atoms with Crippen LogP contribution in [0.4, 0.5) is 5.69 Å². The summed E-state index contributed by atoms with van der Waals surface area (Å²) in [5.41, 5.74) is 8.29. The Balaban J connectivity index is 2.17. The van der Waals surface area contributed by atoms with Crippen molar-refractivity contribution in [3.63, 3.8) is 0 Å². The number of nitrogens with two attached hydrogens (primary N) is 1. The lowest BCUT2D eigenvalue weighted by Gasteiger charge is -1.98. The molecule has 0 fully saturated rings. The maximum Gasteiger partial charge on any atom is 0.227 e. The largest absolute Gasteiger partial charge is 0.436 e. The molecule has 19 heavy (non-hydrogen) atoms. The zero-order valence-corrected chi connectivity index (χ0v) is 12.6. The van der Waals surface area contributed by atoms with Crippen molar-refractivity contribution in [1.82, 2.24) is 4.98 Å². The van der Waals surface area contributed by atoms with E-state index in [-0.39, 0.29) is 0 Å². The normalized spacial score (nSPS) is 11.1. The number of oxazole rings is 1. The number of nitrogen functional groups attached to an aromatic ring is 1. The molecule has 2 N–H and O–H groups in total. The van der Waals surface area contributed by atoms with Crippen LogP contribution < -0.4 is 5.73 Å². The van der Waals surface area contributed by atoms with Crippen molar-refractivity contribution in [3.8, 4) is 11.5 Å². The van der Waals surface area contributed by atoms with Crippen LogP contribution in [-0.2, 0) is 0 Å². The average Bonchev–Trinajstić information content (AvgIpc) is 2.76. The van der Waals surface area contributed by atoms with Gasteiger partial charge in [-0.15, -0.1) is 0 Å². The van der Waals surface area contributed by atoms with Crippen LogP contribution in [0.2, 0.25) is 10.0 Å². The Morgan fingerprint density at radius 1 is 1.11 bits per heavy atom. The second kappa shape index (κ2) is 4.71. The maximum atomic E-state index is 5.96. The van der Waals surface area contributed by atoms with Gasteiger partial charge in [0.25, 0.3) is 0 Å². The summed E-state index contributed by atoms with van der Waals surface area (Å²) in [5.74, 6) is 0.494. The summed E-state index contributed by atoms with van der Waals surface area (Å²) in [6, 6.07) is 8.81. The summed E-state index contributed by atoms with van der Waals surface area (Å²) < 4.78 is 6.45. The van der Waals surface area contributed by atoms with Crippen LogP contribution in [0.25, 0.3) is 22.6 Å². The molecule has 0 radical (unpaired) electrons. The van der Waals surface area contributed by atoms with E-state index in [2.05, 4.69) is 20.9 Å². The molecule has 0 saturated heterocycles. The lowest BCUT2D eigenvalue weighted by Crippen LogP contribution is -1.84. The van der Waals surface area contributed by atoms with E-state index in [1.807, 2.05) is 12.1 Å². The van der Waals surface area contributed by atoms with Gasteiger partial charge < -0.3 is 10.2 Å². The Morgan fingerprint density at radius 2 is 1.89 bits per heavy atom. The van der Waals surface area contributed by atoms with Gasteiger partial charge in [0, 0.05) is 16.1 Å². The minimum absolute atomic E-state index is 0.463. The zero-order chi connectivity index (χ0) is 13.6. The molecule has 1 heterocycles. The lowest BCUT2D eigenvalue weighted by atomic mass is 10.2. The molecular weight excluding hydrogens is 351 g/mol. The number of halogens is 3. The van der Waals surface area contributed by atoms with Gasteiger partial charge in [0.05, 0.1) is 15.7 Å². The van der Waals surface area contributed by atoms with Crippen LogP contribution >= 0.6 is 39.1 Å².